The number of carbonyl (C=O) groups excluding carboxylic acids is 1. The zero-order valence-corrected chi connectivity index (χ0v) is 19.6. The largest absolute Gasteiger partial charge is 0.420 e. The van der Waals surface area contributed by atoms with Gasteiger partial charge in [0.2, 0.25) is 11.8 Å². The maximum absolute atomic E-state index is 12.9. The lowest BCUT2D eigenvalue weighted by Gasteiger charge is -2.27. The zero-order valence-electron chi connectivity index (χ0n) is 18.9. The molecular weight excluding hydrogens is 503 g/mol. The number of aromatic nitrogens is 3. The molecule has 0 saturated heterocycles. The van der Waals surface area contributed by atoms with Gasteiger partial charge in [-0.3, -0.25) is 4.98 Å². The summed E-state index contributed by atoms with van der Waals surface area (Å²) in [7, 11) is 0. The van der Waals surface area contributed by atoms with Crippen LogP contribution in [0.1, 0.15) is 46.7 Å². The molecule has 2 amide bonds. The lowest BCUT2D eigenvalue weighted by atomic mass is 10.0. The molecule has 3 heterocycles. The molecule has 3 N–H and O–H groups in total. The van der Waals surface area contributed by atoms with Crippen molar-refractivity contribution < 1.29 is 32.6 Å². The highest BCUT2D eigenvalue weighted by Crippen LogP contribution is 2.33. The minimum Gasteiger partial charge on any atom is -0.420 e. The Hall–Kier alpha value is -3.48. The van der Waals surface area contributed by atoms with Crippen LogP contribution < -0.4 is 5.32 Å². The van der Waals surface area contributed by atoms with Gasteiger partial charge in [-0.1, -0.05) is 17.7 Å². The lowest BCUT2D eigenvalue weighted by molar-refractivity contribution is -0.138. The number of hydrogen-bond acceptors (Lipinski definition) is 7. The molecule has 9 nitrogen and oxygen atoms in total. The molecule has 1 unspecified atom stereocenters. The summed E-state index contributed by atoms with van der Waals surface area (Å²) in [5, 5.41) is 29.6. The van der Waals surface area contributed by atoms with Crippen LogP contribution >= 0.6 is 11.6 Å². The topological polar surface area (TPSA) is 125 Å². The Balaban J connectivity index is 1.41. The van der Waals surface area contributed by atoms with Crippen molar-refractivity contribution in [3.05, 3.63) is 75.7 Å². The van der Waals surface area contributed by atoms with Crippen molar-refractivity contribution in [1.82, 2.24) is 20.1 Å². The summed E-state index contributed by atoms with van der Waals surface area (Å²) in [5.41, 5.74) is 1.15. The van der Waals surface area contributed by atoms with E-state index in [0.717, 1.165) is 11.6 Å². The third-order valence-electron chi connectivity index (χ3n) is 5.61. The first-order valence-electron chi connectivity index (χ1n) is 10.8. The summed E-state index contributed by atoms with van der Waals surface area (Å²) >= 11 is 6.40. The van der Waals surface area contributed by atoms with E-state index in [1.165, 1.54) is 36.2 Å². The SMILES string of the molecule is Cc1cc(NC(=O)N2CC=C(c3ncc(C(O)c4nnc(CO)o4)cc3Cl)CC2)ccc1C(F)(F)F. The highest BCUT2D eigenvalue weighted by molar-refractivity contribution is 6.32. The van der Waals surface area contributed by atoms with Crippen molar-refractivity contribution in [3.8, 4) is 0 Å². The van der Waals surface area contributed by atoms with Gasteiger partial charge in [-0.05, 0) is 48.7 Å². The van der Waals surface area contributed by atoms with Crippen LogP contribution in [0.3, 0.4) is 0 Å². The number of pyridine rings is 1. The van der Waals surface area contributed by atoms with Gasteiger partial charge in [0.05, 0.1) is 16.3 Å². The summed E-state index contributed by atoms with van der Waals surface area (Å²) in [6.07, 6.45) is -2.08. The van der Waals surface area contributed by atoms with Crippen molar-refractivity contribution in [3.63, 3.8) is 0 Å². The molecule has 0 bridgehead atoms. The summed E-state index contributed by atoms with van der Waals surface area (Å²) in [5.74, 6) is -0.138. The van der Waals surface area contributed by atoms with Gasteiger partial charge in [-0.15, -0.1) is 10.2 Å². The maximum atomic E-state index is 12.9. The number of nitrogens with one attached hydrogen (secondary N) is 1. The number of hydrogen-bond donors (Lipinski definition) is 3. The molecule has 1 aliphatic heterocycles. The number of amides is 2. The highest BCUT2D eigenvalue weighted by Gasteiger charge is 2.32. The van der Waals surface area contributed by atoms with Gasteiger partial charge in [0.15, 0.2) is 6.10 Å². The number of aryl methyl sites for hydroxylation is 1. The molecule has 2 aromatic heterocycles. The quantitative estimate of drug-likeness (QED) is 0.454. The molecule has 3 aromatic rings. The first-order valence-corrected chi connectivity index (χ1v) is 11.1. The molecule has 1 atom stereocenters. The van der Waals surface area contributed by atoms with Crippen LogP contribution in [0, 0.1) is 6.92 Å². The normalized spacial score (nSPS) is 15.0. The third kappa shape index (κ3) is 5.50. The summed E-state index contributed by atoms with van der Waals surface area (Å²) < 4.78 is 44.0. The first-order chi connectivity index (χ1) is 17.1. The van der Waals surface area contributed by atoms with Crippen LogP contribution in [0.15, 0.2) is 41.0 Å². The van der Waals surface area contributed by atoms with E-state index in [-0.39, 0.29) is 34.6 Å². The van der Waals surface area contributed by atoms with Gasteiger partial charge in [0.25, 0.3) is 0 Å². The van der Waals surface area contributed by atoms with Gasteiger partial charge >= 0.3 is 12.2 Å². The van der Waals surface area contributed by atoms with E-state index in [2.05, 4.69) is 20.5 Å². The molecule has 0 saturated carbocycles. The Morgan fingerprint density at radius 3 is 2.67 bits per heavy atom. The number of aliphatic hydroxyl groups excluding tert-OH is 2. The van der Waals surface area contributed by atoms with E-state index in [1.54, 1.807) is 6.08 Å². The Kier molecular flexibility index (Phi) is 7.29. The molecule has 1 aliphatic rings. The lowest BCUT2D eigenvalue weighted by Crippen LogP contribution is -2.38. The van der Waals surface area contributed by atoms with Crippen LogP contribution in [0.4, 0.5) is 23.7 Å². The number of benzene rings is 1. The minimum atomic E-state index is -4.46. The fourth-order valence-corrected chi connectivity index (χ4v) is 4.05. The number of aliphatic hydroxyl groups is 2. The molecule has 0 fully saturated rings. The average Bonchev–Trinajstić information content (AvgIpc) is 3.32. The van der Waals surface area contributed by atoms with Crippen molar-refractivity contribution >= 4 is 28.9 Å². The van der Waals surface area contributed by atoms with Gasteiger partial charge in [-0.2, -0.15) is 13.2 Å². The Morgan fingerprint density at radius 1 is 1.31 bits per heavy atom. The Labute approximate surface area is 208 Å². The van der Waals surface area contributed by atoms with E-state index < -0.39 is 30.5 Å². The van der Waals surface area contributed by atoms with E-state index in [1.807, 2.05) is 0 Å². The van der Waals surface area contributed by atoms with Gasteiger partial charge < -0.3 is 24.8 Å². The van der Waals surface area contributed by atoms with E-state index in [9.17, 15) is 23.1 Å². The van der Waals surface area contributed by atoms with E-state index in [4.69, 9.17) is 21.1 Å². The second kappa shape index (κ2) is 10.2. The molecule has 1 aromatic carbocycles. The van der Waals surface area contributed by atoms with Crippen LogP contribution in [-0.4, -0.2) is 49.4 Å². The molecule has 36 heavy (non-hydrogen) atoms. The van der Waals surface area contributed by atoms with Crippen LogP contribution in [0.2, 0.25) is 5.02 Å². The van der Waals surface area contributed by atoms with Crippen LogP contribution in [-0.2, 0) is 12.8 Å². The Bertz CT molecular complexity index is 1310. The van der Waals surface area contributed by atoms with E-state index >= 15 is 0 Å². The number of urea groups is 1. The van der Waals surface area contributed by atoms with Gasteiger partial charge in [0.1, 0.15) is 6.61 Å². The molecule has 0 spiro atoms. The fourth-order valence-electron chi connectivity index (χ4n) is 3.75. The van der Waals surface area contributed by atoms with Crippen molar-refractivity contribution in [2.75, 3.05) is 18.4 Å². The average molecular weight is 524 g/mol. The Morgan fingerprint density at radius 2 is 2.08 bits per heavy atom. The molecular formula is C23H21ClF3N5O4. The van der Waals surface area contributed by atoms with E-state index in [0.29, 0.717) is 24.2 Å². The summed E-state index contributed by atoms with van der Waals surface area (Å²) in [6.45, 7) is 1.47. The highest BCUT2D eigenvalue weighted by atomic mass is 35.5. The number of halogens is 4. The predicted molar refractivity (Wildman–Crippen MR) is 123 cm³/mol. The molecule has 13 heteroatoms. The minimum absolute atomic E-state index is 0.0170. The van der Waals surface area contributed by atoms with Gasteiger partial charge in [-0.25, -0.2) is 4.79 Å². The number of nitrogens with zero attached hydrogens (tertiary/aromatic N) is 4. The van der Waals surface area contributed by atoms with Crippen molar-refractivity contribution in [2.45, 2.75) is 32.2 Å². The number of anilines is 1. The molecule has 0 radical (unpaired) electrons. The third-order valence-corrected chi connectivity index (χ3v) is 5.90. The van der Waals surface area contributed by atoms with Gasteiger partial charge in [0, 0.05) is 30.5 Å². The zero-order chi connectivity index (χ0) is 26.0. The number of carbonyl (C=O) groups is 1. The smallest absolute Gasteiger partial charge is 0.416 e. The van der Waals surface area contributed by atoms with Crippen molar-refractivity contribution in [2.24, 2.45) is 0 Å². The molecule has 0 aliphatic carbocycles. The molecule has 4 rings (SSSR count). The van der Waals surface area contributed by atoms with Crippen molar-refractivity contribution in [1.29, 1.82) is 0 Å². The maximum Gasteiger partial charge on any atom is 0.416 e. The number of alkyl halides is 3. The predicted octanol–water partition coefficient (Wildman–Crippen LogP) is 4.34. The second-order valence-corrected chi connectivity index (χ2v) is 8.48. The summed E-state index contributed by atoms with van der Waals surface area (Å²) in [6, 6.07) is 4.52. The standard InChI is InChI=1S/C23H21ClF3N5O4/c1-12-8-15(2-3-16(12)23(25,26)27)29-22(35)32-6-4-13(5-7-32)19-17(24)9-14(10-28-19)20(34)21-31-30-18(11-33)36-21/h2-4,8-10,20,33-34H,5-7,11H2,1H3,(H,29,35). The summed E-state index contributed by atoms with van der Waals surface area (Å²) in [4.78, 5) is 18.5. The first kappa shape index (κ1) is 25.6. The van der Waals surface area contributed by atoms with Crippen LogP contribution in [0.25, 0.3) is 5.57 Å². The second-order valence-electron chi connectivity index (χ2n) is 8.08. The monoisotopic (exact) mass is 523 g/mol. The van der Waals surface area contributed by atoms with Crippen LogP contribution in [0.5, 0.6) is 0 Å². The molecule has 190 valence electrons. The number of rotatable bonds is 5. The fraction of sp³-hybridized carbons (Fsp3) is 0.304.